The normalized spacial score (nSPS) is 14.3. The van der Waals surface area contributed by atoms with Crippen LogP contribution in [0.5, 0.6) is 0 Å². The van der Waals surface area contributed by atoms with E-state index in [1.165, 1.54) is 36.5 Å². The Morgan fingerprint density at radius 3 is 2.59 bits per heavy atom. The summed E-state index contributed by atoms with van der Waals surface area (Å²) in [5, 5.41) is 9.34. The highest BCUT2D eigenvalue weighted by atomic mass is 32.2. The van der Waals surface area contributed by atoms with Gasteiger partial charge < -0.3 is 15.4 Å². The van der Waals surface area contributed by atoms with Crippen molar-refractivity contribution in [2.24, 2.45) is 0 Å². The average Bonchev–Trinajstić information content (AvgIpc) is 2.88. The molecule has 0 unspecified atom stereocenters. The standard InChI is InChI=1S/C24H25F2N5O5S/c25-20-5-4-18(15-21(20)26)31-8-6-23(32)22(29-31)16-37(34,35)19-3-1-2-17(14-19)28-24(33)27-7-9-30-10-12-36-13-11-30/h1-6,8,14-15H,7,9-13,16H2,(H2,27,28,33). The summed E-state index contributed by atoms with van der Waals surface area (Å²) in [4.78, 5) is 26.6. The third kappa shape index (κ3) is 6.96. The van der Waals surface area contributed by atoms with E-state index in [9.17, 15) is 26.8 Å². The fourth-order valence-corrected chi connectivity index (χ4v) is 5.00. The number of sulfone groups is 1. The molecule has 2 N–H and O–H groups in total. The molecule has 1 aromatic heterocycles. The first-order chi connectivity index (χ1) is 17.7. The summed E-state index contributed by atoms with van der Waals surface area (Å²) in [5.41, 5.74) is -0.559. The quantitative estimate of drug-likeness (QED) is 0.454. The number of ether oxygens (including phenoxy) is 1. The lowest BCUT2D eigenvalue weighted by Crippen LogP contribution is -2.42. The van der Waals surface area contributed by atoms with Gasteiger partial charge in [0.1, 0.15) is 11.4 Å². The van der Waals surface area contributed by atoms with Crippen LogP contribution in [0.15, 0.2) is 64.4 Å². The Morgan fingerprint density at radius 1 is 1.05 bits per heavy atom. The molecule has 0 aliphatic carbocycles. The minimum Gasteiger partial charge on any atom is -0.379 e. The van der Waals surface area contributed by atoms with Gasteiger partial charge in [-0.3, -0.25) is 9.69 Å². The molecule has 1 aliphatic rings. The minimum atomic E-state index is -4.04. The molecule has 13 heteroatoms. The first-order valence-corrected chi connectivity index (χ1v) is 13.1. The fraction of sp³-hybridized carbons (Fsp3) is 0.292. The number of hydrogen-bond donors (Lipinski definition) is 2. The highest BCUT2D eigenvalue weighted by Crippen LogP contribution is 2.19. The number of anilines is 1. The van der Waals surface area contributed by atoms with Crippen molar-refractivity contribution in [2.75, 3.05) is 44.7 Å². The van der Waals surface area contributed by atoms with Gasteiger partial charge in [0.15, 0.2) is 21.5 Å². The van der Waals surface area contributed by atoms with E-state index in [2.05, 4.69) is 20.6 Å². The molecule has 0 spiro atoms. The predicted octanol–water partition coefficient (Wildman–Crippen LogP) is 1.94. The van der Waals surface area contributed by atoms with Crippen LogP contribution in [0.2, 0.25) is 0 Å². The van der Waals surface area contributed by atoms with Crippen molar-refractivity contribution in [3.63, 3.8) is 0 Å². The number of urea groups is 1. The SMILES string of the molecule is O=C(NCCN1CCOCC1)Nc1cccc(S(=O)(=O)Cc2nn(-c3ccc(F)c(F)c3)ccc2=O)c1. The van der Waals surface area contributed by atoms with Crippen LogP contribution in [0.4, 0.5) is 19.3 Å². The highest BCUT2D eigenvalue weighted by Gasteiger charge is 2.20. The molecule has 1 aliphatic heterocycles. The molecule has 0 bridgehead atoms. The molecular weight excluding hydrogens is 508 g/mol. The molecule has 4 rings (SSSR count). The fourth-order valence-electron chi connectivity index (χ4n) is 3.68. The molecule has 1 saturated heterocycles. The molecule has 196 valence electrons. The van der Waals surface area contributed by atoms with Crippen LogP contribution in [-0.4, -0.2) is 68.5 Å². The van der Waals surface area contributed by atoms with Crippen molar-refractivity contribution in [3.05, 3.63) is 82.3 Å². The van der Waals surface area contributed by atoms with Crippen LogP contribution < -0.4 is 16.1 Å². The van der Waals surface area contributed by atoms with E-state index in [1.807, 2.05) is 0 Å². The van der Waals surface area contributed by atoms with E-state index >= 15 is 0 Å². The predicted molar refractivity (Wildman–Crippen MR) is 131 cm³/mol. The molecule has 10 nitrogen and oxygen atoms in total. The topological polar surface area (TPSA) is 123 Å². The maximum atomic E-state index is 13.6. The Labute approximate surface area is 211 Å². The Morgan fingerprint density at radius 2 is 1.84 bits per heavy atom. The van der Waals surface area contributed by atoms with E-state index in [4.69, 9.17) is 4.74 Å². The third-order valence-electron chi connectivity index (χ3n) is 5.64. The Balaban J connectivity index is 1.43. The van der Waals surface area contributed by atoms with Crippen LogP contribution in [0, 0.1) is 11.6 Å². The number of nitrogens with one attached hydrogen (secondary N) is 2. The molecule has 0 atom stereocenters. The zero-order valence-corrected chi connectivity index (χ0v) is 20.5. The van der Waals surface area contributed by atoms with Crippen molar-refractivity contribution in [3.8, 4) is 5.69 Å². The van der Waals surface area contributed by atoms with Crippen molar-refractivity contribution in [1.82, 2.24) is 20.0 Å². The smallest absolute Gasteiger partial charge is 0.319 e. The maximum absolute atomic E-state index is 13.6. The number of rotatable bonds is 8. The van der Waals surface area contributed by atoms with E-state index in [-0.39, 0.29) is 22.0 Å². The van der Waals surface area contributed by atoms with Gasteiger partial charge in [0, 0.05) is 50.2 Å². The van der Waals surface area contributed by atoms with Crippen molar-refractivity contribution in [2.45, 2.75) is 10.6 Å². The summed E-state index contributed by atoms with van der Waals surface area (Å²) < 4.78 is 59.3. The zero-order chi connectivity index (χ0) is 26.4. The molecule has 1 fully saturated rings. The number of amides is 2. The summed E-state index contributed by atoms with van der Waals surface area (Å²) in [7, 11) is -4.04. The number of hydrogen-bond acceptors (Lipinski definition) is 7. The third-order valence-corrected chi connectivity index (χ3v) is 7.27. The van der Waals surface area contributed by atoms with Crippen LogP contribution in [-0.2, 0) is 20.3 Å². The van der Waals surface area contributed by atoms with E-state index in [1.54, 1.807) is 0 Å². The van der Waals surface area contributed by atoms with Crippen LogP contribution >= 0.6 is 0 Å². The van der Waals surface area contributed by atoms with Gasteiger partial charge in [0.25, 0.3) is 0 Å². The largest absolute Gasteiger partial charge is 0.379 e. The summed E-state index contributed by atoms with van der Waals surface area (Å²) in [5.74, 6) is -2.89. The molecule has 3 aromatic rings. The number of aromatic nitrogens is 2. The van der Waals surface area contributed by atoms with Gasteiger partial charge in [0.2, 0.25) is 5.43 Å². The summed E-state index contributed by atoms with van der Waals surface area (Å²) in [6.45, 7) is 3.98. The summed E-state index contributed by atoms with van der Waals surface area (Å²) in [6.07, 6.45) is 1.23. The lowest BCUT2D eigenvalue weighted by Gasteiger charge is -2.26. The number of morpholine rings is 1. The first kappa shape index (κ1) is 26.4. The van der Waals surface area contributed by atoms with Gasteiger partial charge in [-0.1, -0.05) is 6.07 Å². The monoisotopic (exact) mass is 533 g/mol. The Bertz CT molecular complexity index is 1440. The highest BCUT2D eigenvalue weighted by molar-refractivity contribution is 7.90. The van der Waals surface area contributed by atoms with Crippen LogP contribution in [0.25, 0.3) is 5.69 Å². The van der Waals surface area contributed by atoms with Crippen molar-refractivity contribution in [1.29, 1.82) is 0 Å². The summed E-state index contributed by atoms with van der Waals surface area (Å²) >= 11 is 0. The Kier molecular flexibility index (Phi) is 8.26. The Hall–Kier alpha value is -3.68. The van der Waals surface area contributed by atoms with Gasteiger partial charge in [0.05, 0.1) is 23.8 Å². The molecule has 37 heavy (non-hydrogen) atoms. The number of halogens is 2. The molecule has 2 heterocycles. The number of benzene rings is 2. The van der Waals surface area contributed by atoms with E-state index < -0.39 is 38.7 Å². The van der Waals surface area contributed by atoms with E-state index in [0.717, 1.165) is 36.0 Å². The molecular formula is C24H25F2N5O5S. The zero-order valence-electron chi connectivity index (χ0n) is 19.7. The number of carbonyl (C=O) groups excluding carboxylic acids is 1. The molecule has 0 radical (unpaired) electrons. The van der Waals surface area contributed by atoms with Gasteiger partial charge >= 0.3 is 6.03 Å². The molecule has 2 amide bonds. The average molecular weight is 534 g/mol. The maximum Gasteiger partial charge on any atom is 0.319 e. The van der Waals surface area contributed by atoms with Gasteiger partial charge in [-0.2, -0.15) is 5.10 Å². The minimum absolute atomic E-state index is 0.114. The second-order valence-electron chi connectivity index (χ2n) is 8.29. The molecule has 2 aromatic carbocycles. The summed E-state index contributed by atoms with van der Waals surface area (Å²) in [6, 6.07) is 9.27. The van der Waals surface area contributed by atoms with Gasteiger partial charge in [-0.05, 0) is 30.3 Å². The van der Waals surface area contributed by atoms with Crippen LogP contribution in [0.3, 0.4) is 0 Å². The van der Waals surface area contributed by atoms with Gasteiger partial charge in [-0.25, -0.2) is 26.7 Å². The van der Waals surface area contributed by atoms with Crippen molar-refractivity contribution < 1.29 is 26.7 Å². The lowest BCUT2D eigenvalue weighted by molar-refractivity contribution is 0.0388. The second kappa shape index (κ2) is 11.6. The van der Waals surface area contributed by atoms with Crippen LogP contribution in [0.1, 0.15) is 5.69 Å². The van der Waals surface area contributed by atoms with Crippen molar-refractivity contribution >= 4 is 21.6 Å². The number of nitrogens with zero attached hydrogens (tertiary/aromatic N) is 3. The van der Waals surface area contributed by atoms with Gasteiger partial charge in [-0.15, -0.1) is 0 Å². The second-order valence-corrected chi connectivity index (χ2v) is 10.3. The van der Waals surface area contributed by atoms with E-state index in [0.29, 0.717) is 26.3 Å². The first-order valence-electron chi connectivity index (χ1n) is 11.4. The molecule has 0 saturated carbocycles. The lowest BCUT2D eigenvalue weighted by atomic mass is 10.3. The number of carbonyl (C=O) groups is 1.